The Morgan fingerprint density at radius 1 is 1.28 bits per heavy atom. The average molecular weight is 285 g/mol. The molecule has 100 valence electrons. The molecule has 4 nitrogen and oxygen atoms in total. The number of carboxylic acid groups (broad SMARTS) is 1. The zero-order valence-corrected chi connectivity index (χ0v) is 9.40. The Morgan fingerprint density at radius 2 is 1.83 bits per heavy atom. The Labute approximate surface area is 104 Å². The lowest BCUT2D eigenvalue weighted by Crippen LogP contribution is -2.29. The van der Waals surface area contributed by atoms with Gasteiger partial charge in [-0.2, -0.15) is 13.2 Å². The zero-order valence-electron chi connectivity index (χ0n) is 8.65. The van der Waals surface area contributed by atoms with Crippen molar-refractivity contribution in [1.29, 1.82) is 0 Å². The molecule has 0 aliphatic rings. The molecule has 0 radical (unpaired) electrons. The summed E-state index contributed by atoms with van der Waals surface area (Å²) >= 11 is 5.49. The Hall–Kier alpha value is -1.31. The van der Waals surface area contributed by atoms with Gasteiger partial charge in [0.1, 0.15) is 6.10 Å². The summed E-state index contributed by atoms with van der Waals surface area (Å²) in [5.74, 6) is -1.84. The van der Waals surface area contributed by atoms with Crippen LogP contribution >= 0.6 is 11.6 Å². The highest BCUT2D eigenvalue weighted by molar-refractivity contribution is 6.30. The quantitative estimate of drug-likeness (QED) is 0.791. The Balaban J connectivity index is 3.29. The van der Waals surface area contributed by atoms with Gasteiger partial charge in [-0.15, -0.1) is 0 Å². The van der Waals surface area contributed by atoms with Crippen molar-refractivity contribution in [2.75, 3.05) is 0 Å². The number of hydrogen-bond donors (Lipinski definition) is 3. The van der Waals surface area contributed by atoms with Crippen LogP contribution in [0.25, 0.3) is 0 Å². The number of benzene rings is 1. The van der Waals surface area contributed by atoms with Crippen LogP contribution in [0, 0.1) is 0 Å². The van der Waals surface area contributed by atoms with E-state index in [1.54, 1.807) is 0 Å². The summed E-state index contributed by atoms with van der Waals surface area (Å²) in [4.78, 5) is 10.4. The standard InChI is InChI=1S/C10H8ClF3O4/c11-4-1-2-6(10(12,13)14)5(3-4)7(15)8(16)9(17)18/h1-3,7-8,15-16H,(H,17,18). The Morgan fingerprint density at radius 3 is 2.28 bits per heavy atom. The number of halogens is 4. The highest BCUT2D eigenvalue weighted by Gasteiger charge is 2.37. The molecule has 3 N–H and O–H groups in total. The van der Waals surface area contributed by atoms with Gasteiger partial charge in [-0.05, 0) is 23.8 Å². The molecule has 0 saturated heterocycles. The van der Waals surface area contributed by atoms with E-state index in [4.69, 9.17) is 21.8 Å². The van der Waals surface area contributed by atoms with Crippen molar-refractivity contribution >= 4 is 17.6 Å². The molecule has 0 bridgehead atoms. The third-order valence-electron chi connectivity index (χ3n) is 2.19. The van der Waals surface area contributed by atoms with E-state index >= 15 is 0 Å². The van der Waals surface area contributed by atoms with Crippen molar-refractivity contribution < 1.29 is 33.3 Å². The van der Waals surface area contributed by atoms with Gasteiger partial charge in [0, 0.05) is 5.02 Å². The first-order valence-corrected chi connectivity index (χ1v) is 4.98. The van der Waals surface area contributed by atoms with E-state index in [9.17, 15) is 23.1 Å². The summed E-state index contributed by atoms with van der Waals surface area (Å²) in [6.45, 7) is 0. The maximum atomic E-state index is 12.6. The molecule has 0 spiro atoms. The highest BCUT2D eigenvalue weighted by atomic mass is 35.5. The van der Waals surface area contributed by atoms with E-state index in [1.165, 1.54) is 0 Å². The predicted octanol–water partition coefficient (Wildman–Crippen LogP) is 1.84. The van der Waals surface area contributed by atoms with Gasteiger partial charge < -0.3 is 15.3 Å². The minimum Gasteiger partial charge on any atom is -0.479 e. The first kappa shape index (κ1) is 14.7. The lowest BCUT2D eigenvalue weighted by Gasteiger charge is -2.19. The Bertz CT molecular complexity index is 461. The number of carbonyl (C=O) groups is 1. The molecular weight excluding hydrogens is 277 g/mol. The average Bonchev–Trinajstić information content (AvgIpc) is 2.25. The fourth-order valence-corrected chi connectivity index (χ4v) is 1.52. The molecule has 0 aliphatic carbocycles. The van der Waals surface area contributed by atoms with Crippen molar-refractivity contribution in [2.45, 2.75) is 18.4 Å². The SMILES string of the molecule is O=C(O)C(O)C(O)c1cc(Cl)ccc1C(F)(F)F. The fourth-order valence-electron chi connectivity index (χ4n) is 1.34. The second kappa shape index (κ2) is 5.13. The molecule has 0 heterocycles. The van der Waals surface area contributed by atoms with E-state index in [2.05, 4.69) is 0 Å². The van der Waals surface area contributed by atoms with Gasteiger partial charge in [0.05, 0.1) is 5.56 Å². The van der Waals surface area contributed by atoms with Crippen LogP contribution in [0.5, 0.6) is 0 Å². The lowest BCUT2D eigenvalue weighted by molar-refractivity contribution is -0.155. The topological polar surface area (TPSA) is 77.8 Å². The molecule has 2 atom stereocenters. The normalized spacial score (nSPS) is 15.2. The van der Waals surface area contributed by atoms with Crippen LogP contribution in [0.1, 0.15) is 17.2 Å². The number of hydrogen-bond acceptors (Lipinski definition) is 3. The van der Waals surface area contributed by atoms with E-state index in [0.29, 0.717) is 6.07 Å². The summed E-state index contributed by atoms with van der Waals surface area (Å²) < 4.78 is 37.9. The summed E-state index contributed by atoms with van der Waals surface area (Å²) in [5, 5.41) is 26.8. The van der Waals surface area contributed by atoms with Crippen molar-refractivity contribution in [1.82, 2.24) is 0 Å². The van der Waals surface area contributed by atoms with Crippen molar-refractivity contribution in [3.05, 3.63) is 34.3 Å². The smallest absolute Gasteiger partial charge is 0.416 e. The predicted molar refractivity (Wildman–Crippen MR) is 55.1 cm³/mol. The van der Waals surface area contributed by atoms with E-state index in [0.717, 1.165) is 12.1 Å². The van der Waals surface area contributed by atoms with E-state index in [1.807, 2.05) is 0 Å². The van der Waals surface area contributed by atoms with Crippen molar-refractivity contribution in [2.24, 2.45) is 0 Å². The van der Waals surface area contributed by atoms with Crippen LogP contribution in [-0.4, -0.2) is 27.4 Å². The maximum Gasteiger partial charge on any atom is 0.416 e. The van der Waals surface area contributed by atoms with Gasteiger partial charge in [-0.25, -0.2) is 4.79 Å². The lowest BCUT2D eigenvalue weighted by atomic mass is 9.98. The van der Waals surface area contributed by atoms with Crippen LogP contribution in [-0.2, 0) is 11.0 Å². The van der Waals surface area contributed by atoms with E-state index < -0.39 is 35.5 Å². The van der Waals surface area contributed by atoms with Gasteiger partial charge in [0.25, 0.3) is 0 Å². The fraction of sp³-hybridized carbons (Fsp3) is 0.300. The van der Waals surface area contributed by atoms with Crippen LogP contribution in [0.2, 0.25) is 5.02 Å². The van der Waals surface area contributed by atoms with Crippen molar-refractivity contribution in [3.8, 4) is 0 Å². The van der Waals surface area contributed by atoms with Crippen molar-refractivity contribution in [3.63, 3.8) is 0 Å². The molecule has 1 rings (SSSR count). The third-order valence-corrected chi connectivity index (χ3v) is 2.42. The molecule has 0 aliphatic heterocycles. The molecular formula is C10H8ClF3O4. The molecule has 18 heavy (non-hydrogen) atoms. The van der Waals surface area contributed by atoms with E-state index in [-0.39, 0.29) is 5.02 Å². The molecule has 0 aromatic heterocycles. The molecule has 1 aromatic carbocycles. The number of alkyl halides is 3. The first-order valence-electron chi connectivity index (χ1n) is 4.60. The summed E-state index contributed by atoms with van der Waals surface area (Å²) in [7, 11) is 0. The van der Waals surface area contributed by atoms with Crippen LogP contribution < -0.4 is 0 Å². The van der Waals surface area contributed by atoms with Gasteiger partial charge in [-0.3, -0.25) is 0 Å². The molecule has 8 heteroatoms. The van der Waals surface area contributed by atoms with Gasteiger partial charge in [0.15, 0.2) is 6.10 Å². The number of aliphatic hydroxyl groups is 2. The van der Waals surface area contributed by atoms with Gasteiger partial charge in [-0.1, -0.05) is 11.6 Å². The first-order chi connectivity index (χ1) is 8.14. The summed E-state index contributed by atoms with van der Waals surface area (Å²) in [6.07, 6.45) is -9.39. The molecule has 0 saturated carbocycles. The molecule has 2 unspecified atom stereocenters. The number of carboxylic acids is 1. The van der Waals surface area contributed by atoms with Gasteiger partial charge >= 0.3 is 12.1 Å². The number of aliphatic carboxylic acids is 1. The van der Waals surface area contributed by atoms with Crippen LogP contribution in [0.15, 0.2) is 18.2 Å². The van der Waals surface area contributed by atoms with Gasteiger partial charge in [0.2, 0.25) is 0 Å². The Kier molecular flexibility index (Phi) is 4.20. The highest BCUT2D eigenvalue weighted by Crippen LogP contribution is 2.36. The number of rotatable bonds is 3. The molecule has 1 aromatic rings. The minimum atomic E-state index is -4.79. The van der Waals surface area contributed by atoms with Crippen LogP contribution in [0.4, 0.5) is 13.2 Å². The summed E-state index contributed by atoms with van der Waals surface area (Å²) in [6, 6.07) is 2.32. The third kappa shape index (κ3) is 3.12. The molecule has 0 fully saturated rings. The number of aliphatic hydroxyl groups excluding tert-OH is 2. The zero-order chi connectivity index (χ0) is 14.1. The summed E-state index contributed by atoms with van der Waals surface area (Å²) in [5.41, 5.74) is -2.04. The van der Waals surface area contributed by atoms with Crippen LogP contribution in [0.3, 0.4) is 0 Å². The largest absolute Gasteiger partial charge is 0.479 e. The second-order valence-corrected chi connectivity index (χ2v) is 3.89. The monoisotopic (exact) mass is 284 g/mol. The molecule has 0 amide bonds. The maximum absolute atomic E-state index is 12.6. The second-order valence-electron chi connectivity index (χ2n) is 3.46. The minimum absolute atomic E-state index is 0.116.